The van der Waals surface area contributed by atoms with Gasteiger partial charge in [0.15, 0.2) is 5.75 Å². The molecule has 0 spiro atoms. The Kier molecular flexibility index (Phi) is 7.50. The number of nitrogens with one attached hydrogen (secondary N) is 1. The van der Waals surface area contributed by atoms with Gasteiger partial charge in [-0.05, 0) is 86.2 Å². The Balaban J connectivity index is 1.58. The molecule has 0 saturated carbocycles. The average Bonchev–Trinajstić information content (AvgIpc) is 3.17. The van der Waals surface area contributed by atoms with E-state index in [-0.39, 0.29) is 11.5 Å². The first kappa shape index (κ1) is 23.1. The molecule has 0 unspecified atom stereocenters. The Hall–Kier alpha value is -3.06. The van der Waals surface area contributed by atoms with E-state index in [0.29, 0.717) is 33.6 Å². The van der Waals surface area contributed by atoms with Crippen LogP contribution in [0.5, 0.6) is 23.0 Å². The van der Waals surface area contributed by atoms with Crippen LogP contribution in [0.25, 0.3) is 10.1 Å². The minimum absolute atomic E-state index is 0.136. The lowest BCUT2D eigenvalue weighted by molar-refractivity contribution is 0.104. The molecule has 0 fully saturated rings. The third kappa shape index (κ3) is 5.66. The van der Waals surface area contributed by atoms with Gasteiger partial charge in [-0.25, -0.2) is 0 Å². The number of carbonyl (C=O) groups excluding carboxylic acids is 1. The number of benzene rings is 3. The van der Waals surface area contributed by atoms with Crippen molar-refractivity contribution in [2.24, 2.45) is 0 Å². The molecule has 2 N–H and O–H groups in total. The Morgan fingerprint density at radius 3 is 2.48 bits per heavy atom. The summed E-state index contributed by atoms with van der Waals surface area (Å²) in [7, 11) is 0. The van der Waals surface area contributed by atoms with Crippen LogP contribution < -0.4 is 14.8 Å². The fourth-order valence-electron chi connectivity index (χ4n) is 3.33. The number of fused-ring (bicyclic) bond motifs is 1. The molecule has 0 radical (unpaired) electrons. The second-order valence-corrected chi connectivity index (χ2v) is 8.89. The van der Waals surface area contributed by atoms with Crippen molar-refractivity contribution in [1.29, 1.82) is 0 Å². The van der Waals surface area contributed by atoms with E-state index < -0.39 is 0 Å². The molecule has 0 aliphatic heterocycles. The van der Waals surface area contributed by atoms with Crippen molar-refractivity contribution in [3.05, 3.63) is 82.2 Å². The van der Waals surface area contributed by atoms with Gasteiger partial charge in [0.2, 0.25) is 5.78 Å². The van der Waals surface area contributed by atoms with Gasteiger partial charge in [-0.1, -0.05) is 18.5 Å². The van der Waals surface area contributed by atoms with Crippen LogP contribution >= 0.6 is 22.9 Å². The van der Waals surface area contributed by atoms with E-state index in [2.05, 4.69) is 12.2 Å². The number of aromatic hydroxyl groups is 1. The summed E-state index contributed by atoms with van der Waals surface area (Å²) in [6.07, 6.45) is 0.927. The topological polar surface area (TPSA) is 67.8 Å². The maximum atomic E-state index is 13.3. The molecule has 0 saturated heterocycles. The van der Waals surface area contributed by atoms with Gasteiger partial charge in [-0.2, -0.15) is 0 Å². The minimum Gasteiger partial charge on any atom is -0.508 e. The molecule has 3 aromatic carbocycles. The third-order valence-electron chi connectivity index (χ3n) is 5.00. The smallest absolute Gasteiger partial charge is 0.206 e. The summed E-state index contributed by atoms with van der Waals surface area (Å²) in [5, 5.41) is 14.5. The summed E-state index contributed by atoms with van der Waals surface area (Å²) in [6.45, 7) is 4.58. The van der Waals surface area contributed by atoms with Gasteiger partial charge in [0, 0.05) is 20.7 Å². The number of phenolic OH excluding ortho intramolecular Hbond substituents is 1. The van der Waals surface area contributed by atoms with Crippen LogP contribution in [0, 0.1) is 0 Å². The van der Waals surface area contributed by atoms with E-state index in [1.165, 1.54) is 11.3 Å². The van der Waals surface area contributed by atoms with Crippen LogP contribution in [0.4, 0.5) is 0 Å². The molecule has 0 aliphatic carbocycles. The lowest BCUT2D eigenvalue weighted by Crippen LogP contribution is -2.16. The zero-order valence-electron chi connectivity index (χ0n) is 18.1. The standard InChI is InChI=1S/C26H24ClNO4S/c1-2-28-14-3-15-31-20-9-11-21(12-10-20)32-25-22-13-8-19(29)16-23(22)33-26(25)24(30)17-4-6-18(27)7-5-17/h4-13,16,28-29H,2-3,14-15H2,1H3. The van der Waals surface area contributed by atoms with E-state index in [1.807, 2.05) is 24.3 Å². The van der Waals surface area contributed by atoms with Gasteiger partial charge in [0.25, 0.3) is 0 Å². The van der Waals surface area contributed by atoms with E-state index in [0.717, 1.165) is 35.3 Å². The fourth-order valence-corrected chi connectivity index (χ4v) is 4.58. The SMILES string of the molecule is CCNCCCOc1ccc(Oc2c(C(=O)c3ccc(Cl)cc3)sc3cc(O)ccc23)cc1. The van der Waals surface area contributed by atoms with E-state index in [4.69, 9.17) is 21.1 Å². The first-order chi connectivity index (χ1) is 16.0. The first-order valence-electron chi connectivity index (χ1n) is 10.7. The lowest BCUT2D eigenvalue weighted by Gasteiger charge is -2.10. The van der Waals surface area contributed by atoms with E-state index in [1.54, 1.807) is 42.5 Å². The highest BCUT2D eigenvalue weighted by atomic mass is 35.5. The maximum absolute atomic E-state index is 13.3. The maximum Gasteiger partial charge on any atom is 0.206 e. The number of halogens is 1. The van der Waals surface area contributed by atoms with E-state index in [9.17, 15) is 9.90 Å². The van der Waals surface area contributed by atoms with Crippen LogP contribution in [0.1, 0.15) is 28.6 Å². The molecule has 4 aromatic rings. The summed E-state index contributed by atoms with van der Waals surface area (Å²) in [4.78, 5) is 13.7. The number of phenols is 1. The van der Waals surface area contributed by atoms with Crippen LogP contribution in [0.15, 0.2) is 66.7 Å². The van der Waals surface area contributed by atoms with Crippen LogP contribution in [-0.4, -0.2) is 30.6 Å². The molecular weight excluding hydrogens is 458 g/mol. The highest BCUT2D eigenvalue weighted by Crippen LogP contribution is 2.42. The van der Waals surface area contributed by atoms with Crippen molar-refractivity contribution in [2.45, 2.75) is 13.3 Å². The number of hydrogen-bond acceptors (Lipinski definition) is 6. The zero-order valence-corrected chi connectivity index (χ0v) is 19.7. The van der Waals surface area contributed by atoms with Gasteiger partial charge < -0.3 is 19.9 Å². The Bertz CT molecular complexity index is 1240. The third-order valence-corrected chi connectivity index (χ3v) is 6.39. The van der Waals surface area contributed by atoms with Crippen molar-refractivity contribution < 1.29 is 19.4 Å². The number of hydrogen-bond donors (Lipinski definition) is 2. The monoisotopic (exact) mass is 481 g/mol. The van der Waals surface area contributed by atoms with Crippen LogP contribution in [-0.2, 0) is 0 Å². The molecule has 0 amide bonds. The van der Waals surface area contributed by atoms with Crippen molar-refractivity contribution >= 4 is 38.8 Å². The van der Waals surface area contributed by atoms with Crippen molar-refractivity contribution in [3.63, 3.8) is 0 Å². The number of rotatable bonds is 10. The fraction of sp³-hybridized carbons (Fsp3) is 0.192. The van der Waals surface area contributed by atoms with Crippen LogP contribution in [0.2, 0.25) is 5.02 Å². The van der Waals surface area contributed by atoms with Gasteiger partial charge in [-0.3, -0.25) is 4.79 Å². The molecule has 7 heteroatoms. The summed E-state index contributed by atoms with van der Waals surface area (Å²) < 4.78 is 12.7. The van der Waals surface area contributed by atoms with Gasteiger partial charge in [-0.15, -0.1) is 11.3 Å². The summed E-state index contributed by atoms with van der Waals surface area (Å²) >= 11 is 7.26. The molecule has 5 nitrogen and oxygen atoms in total. The minimum atomic E-state index is -0.164. The van der Waals surface area contributed by atoms with Crippen LogP contribution in [0.3, 0.4) is 0 Å². The Morgan fingerprint density at radius 1 is 1.03 bits per heavy atom. The molecule has 4 rings (SSSR count). The van der Waals surface area contributed by atoms with Gasteiger partial charge in [0.1, 0.15) is 22.1 Å². The Morgan fingerprint density at radius 2 is 1.76 bits per heavy atom. The van der Waals surface area contributed by atoms with Crippen molar-refractivity contribution in [3.8, 4) is 23.0 Å². The highest BCUT2D eigenvalue weighted by molar-refractivity contribution is 7.21. The predicted octanol–water partition coefficient (Wildman–Crippen LogP) is 6.66. The summed E-state index contributed by atoms with van der Waals surface area (Å²) in [6, 6.07) is 19.1. The summed E-state index contributed by atoms with van der Waals surface area (Å²) in [5.74, 6) is 1.79. The van der Waals surface area contributed by atoms with Gasteiger partial charge >= 0.3 is 0 Å². The zero-order chi connectivity index (χ0) is 23.2. The predicted molar refractivity (Wildman–Crippen MR) is 134 cm³/mol. The molecule has 170 valence electrons. The van der Waals surface area contributed by atoms with Crippen molar-refractivity contribution in [1.82, 2.24) is 5.32 Å². The second-order valence-electron chi connectivity index (χ2n) is 7.41. The number of carbonyl (C=O) groups is 1. The quantitative estimate of drug-likeness (QED) is 0.196. The highest BCUT2D eigenvalue weighted by Gasteiger charge is 2.22. The number of ketones is 1. The second kappa shape index (κ2) is 10.7. The molecule has 1 heterocycles. The summed E-state index contributed by atoms with van der Waals surface area (Å²) in [5.41, 5.74) is 0.515. The normalized spacial score (nSPS) is 11.0. The molecule has 1 aromatic heterocycles. The van der Waals surface area contributed by atoms with Crippen molar-refractivity contribution in [2.75, 3.05) is 19.7 Å². The largest absolute Gasteiger partial charge is 0.508 e. The number of ether oxygens (including phenoxy) is 2. The first-order valence-corrected chi connectivity index (χ1v) is 11.9. The van der Waals surface area contributed by atoms with Gasteiger partial charge in [0.05, 0.1) is 6.61 Å². The molecule has 33 heavy (non-hydrogen) atoms. The molecule has 0 atom stereocenters. The Labute approximate surface area is 201 Å². The molecule has 0 aliphatic rings. The lowest BCUT2D eigenvalue weighted by atomic mass is 10.1. The number of thiophene rings is 1. The van der Waals surface area contributed by atoms with E-state index >= 15 is 0 Å². The average molecular weight is 482 g/mol. The molecule has 0 bridgehead atoms. The molecular formula is C26H24ClNO4S.